The Morgan fingerprint density at radius 1 is 0.778 bits per heavy atom. The van der Waals surface area contributed by atoms with Gasteiger partial charge in [0.05, 0.1) is 0 Å². The first-order valence-corrected chi connectivity index (χ1v) is 9.20. The molecule has 0 aromatic heterocycles. The molecular weight excluding hydrogens is 282 g/mol. The molecule has 0 aliphatic carbocycles. The highest BCUT2D eigenvalue weighted by atomic mass is 31.2. The zero-order chi connectivity index (χ0) is 14.4. The van der Waals surface area contributed by atoms with Crippen LogP contribution in [0.5, 0.6) is 0 Å². The van der Waals surface area contributed by atoms with Crippen molar-refractivity contribution in [3.05, 3.63) is 0 Å². The molecule has 0 fully saturated rings. The van der Waals surface area contributed by atoms with E-state index in [1.54, 1.807) is 23.6 Å². The van der Waals surface area contributed by atoms with E-state index < -0.39 is 15.2 Å². The maximum atomic E-state index is 10.9. The van der Waals surface area contributed by atoms with Crippen molar-refractivity contribution in [3.8, 4) is 0 Å². The van der Waals surface area contributed by atoms with E-state index in [9.17, 15) is 9.13 Å². The molecule has 0 radical (unpaired) electrons. The zero-order valence-corrected chi connectivity index (χ0v) is 12.4. The van der Waals surface area contributed by atoms with Gasteiger partial charge in [-0.3, -0.25) is 18.9 Å². The minimum absolute atomic E-state index is 0.336. The summed E-state index contributed by atoms with van der Waals surface area (Å²) in [6, 6.07) is 0. The minimum atomic E-state index is -4.09. The highest BCUT2D eigenvalue weighted by Gasteiger charge is 2.21. The molecule has 10 heteroatoms. The zero-order valence-electron chi connectivity index (χ0n) is 10.6. The second kappa shape index (κ2) is 7.72. The summed E-state index contributed by atoms with van der Waals surface area (Å²) >= 11 is 0. The summed E-state index contributed by atoms with van der Waals surface area (Å²) in [4.78, 5) is 38.6. The fraction of sp³-hybridized carbons (Fsp3) is 1.00. The lowest BCUT2D eigenvalue weighted by Crippen LogP contribution is -2.36. The third-order valence-corrected chi connectivity index (χ3v) is 3.93. The van der Waals surface area contributed by atoms with Crippen LogP contribution in [0.4, 0.5) is 0 Å². The second-order valence-corrected chi connectivity index (χ2v) is 7.26. The van der Waals surface area contributed by atoms with Crippen LogP contribution in [0.25, 0.3) is 0 Å². The van der Waals surface area contributed by atoms with Gasteiger partial charge in [0.1, 0.15) is 12.6 Å². The number of likely N-dealkylation sites (N-methyl/N-ethyl adjacent to an activating group) is 2. The fourth-order valence-electron chi connectivity index (χ4n) is 1.46. The van der Waals surface area contributed by atoms with Gasteiger partial charge in [-0.1, -0.05) is 13.8 Å². The van der Waals surface area contributed by atoms with Crippen LogP contribution in [0.2, 0.25) is 0 Å². The van der Waals surface area contributed by atoms with Crippen molar-refractivity contribution >= 4 is 15.2 Å². The van der Waals surface area contributed by atoms with Gasteiger partial charge in [-0.2, -0.15) is 0 Å². The van der Waals surface area contributed by atoms with Crippen LogP contribution in [-0.2, 0) is 9.13 Å². The summed E-state index contributed by atoms with van der Waals surface area (Å²) in [5, 5.41) is 0. The minimum Gasteiger partial charge on any atom is -0.324 e. The van der Waals surface area contributed by atoms with Crippen LogP contribution in [0, 0.1) is 0 Å². The standard InChI is InChI=1S/C8H22N2O6P2/c1-3-9(7-17(11,12)13)5-6-10(4-2)8-18(14,15)16/h3-8H2,1-2H3,(H2,11,12,13)(H2,14,15,16). The van der Waals surface area contributed by atoms with Gasteiger partial charge in [0.25, 0.3) is 0 Å². The molecule has 0 saturated carbocycles. The Balaban J connectivity index is 4.25. The molecule has 0 saturated heterocycles. The van der Waals surface area contributed by atoms with Crippen LogP contribution in [0.1, 0.15) is 13.8 Å². The van der Waals surface area contributed by atoms with Gasteiger partial charge in [-0.05, 0) is 13.1 Å². The average Bonchev–Trinajstić information content (AvgIpc) is 2.18. The van der Waals surface area contributed by atoms with Gasteiger partial charge in [0, 0.05) is 13.1 Å². The summed E-state index contributed by atoms with van der Waals surface area (Å²) in [7, 11) is -8.19. The summed E-state index contributed by atoms with van der Waals surface area (Å²) in [6.07, 6.45) is -0.673. The molecule has 4 N–H and O–H groups in total. The predicted molar refractivity (Wildman–Crippen MR) is 68.3 cm³/mol. The Labute approximate surface area is 107 Å². The van der Waals surface area contributed by atoms with E-state index in [-0.39, 0.29) is 12.6 Å². The number of rotatable bonds is 9. The lowest BCUT2D eigenvalue weighted by Gasteiger charge is -2.26. The van der Waals surface area contributed by atoms with Crippen LogP contribution >= 0.6 is 15.2 Å². The van der Waals surface area contributed by atoms with Crippen molar-refractivity contribution in [2.75, 3.05) is 38.8 Å². The van der Waals surface area contributed by atoms with E-state index in [1.165, 1.54) is 0 Å². The van der Waals surface area contributed by atoms with Crippen LogP contribution in [0.3, 0.4) is 0 Å². The first-order chi connectivity index (χ1) is 8.07. The highest BCUT2D eigenvalue weighted by molar-refractivity contribution is 7.51. The van der Waals surface area contributed by atoms with Crippen molar-refractivity contribution in [3.63, 3.8) is 0 Å². The van der Waals surface area contributed by atoms with Crippen LogP contribution < -0.4 is 0 Å². The molecule has 0 bridgehead atoms. The molecule has 0 rings (SSSR count). The first-order valence-electron chi connectivity index (χ1n) is 5.61. The molecular formula is C8H22N2O6P2. The number of hydrogen-bond donors (Lipinski definition) is 4. The smallest absolute Gasteiger partial charge is 0.324 e. The molecule has 110 valence electrons. The summed E-state index contributed by atoms with van der Waals surface area (Å²) in [6.45, 7) is 5.20. The lowest BCUT2D eigenvalue weighted by atomic mass is 10.5. The maximum absolute atomic E-state index is 10.9. The molecule has 0 amide bonds. The van der Waals surface area contributed by atoms with E-state index >= 15 is 0 Å². The Morgan fingerprint density at radius 3 is 1.22 bits per heavy atom. The fourth-order valence-corrected chi connectivity index (χ4v) is 3.19. The summed E-state index contributed by atoms with van der Waals surface area (Å²) in [5.74, 6) is 0. The normalized spacial score (nSPS) is 13.6. The number of hydrogen-bond acceptors (Lipinski definition) is 4. The average molecular weight is 304 g/mol. The van der Waals surface area contributed by atoms with E-state index in [0.717, 1.165) is 0 Å². The molecule has 0 aliphatic rings. The molecule has 0 heterocycles. The third-order valence-electron chi connectivity index (χ3n) is 2.40. The Morgan fingerprint density at radius 2 is 1.06 bits per heavy atom. The molecule has 0 aliphatic heterocycles. The van der Waals surface area contributed by atoms with E-state index in [1.807, 2.05) is 0 Å². The van der Waals surface area contributed by atoms with Gasteiger partial charge < -0.3 is 19.6 Å². The number of nitrogens with zero attached hydrogens (tertiary/aromatic N) is 2. The molecule has 0 aromatic rings. The van der Waals surface area contributed by atoms with Gasteiger partial charge >= 0.3 is 15.2 Å². The molecule has 0 spiro atoms. The van der Waals surface area contributed by atoms with E-state index in [0.29, 0.717) is 26.2 Å². The van der Waals surface area contributed by atoms with Gasteiger partial charge in [-0.25, -0.2) is 0 Å². The molecule has 0 aromatic carbocycles. The molecule has 18 heavy (non-hydrogen) atoms. The quantitative estimate of drug-likeness (QED) is 0.436. The Hall–Kier alpha value is 0.220. The molecule has 0 unspecified atom stereocenters. The summed E-state index contributed by atoms with van der Waals surface area (Å²) < 4.78 is 21.7. The van der Waals surface area contributed by atoms with Crippen molar-refractivity contribution < 1.29 is 28.7 Å². The first kappa shape index (κ1) is 18.2. The Kier molecular flexibility index (Phi) is 7.82. The van der Waals surface area contributed by atoms with Crippen LogP contribution in [-0.4, -0.2) is 68.1 Å². The van der Waals surface area contributed by atoms with Crippen molar-refractivity contribution in [2.24, 2.45) is 0 Å². The van der Waals surface area contributed by atoms with Gasteiger partial charge in [0.2, 0.25) is 0 Å². The molecule has 8 nitrogen and oxygen atoms in total. The Bertz CT molecular complexity index is 296. The van der Waals surface area contributed by atoms with Crippen molar-refractivity contribution in [1.82, 2.24) is 9.80 Å². The van der Waals surface area contributed by atoms with Crippen molar-refractivity contribution in [2.45, 2.75) is 13.8 Å². The van der Waals surface area contributed by atoms with E-state index in [2.05, 4.69) is 0 Å². The predicted octanol–water partition coefficient (Wildman–Crippen LogP) is -0.0994. The monoisotopic (exact) mass is 304 g/mol. The topological polar surface area (TPSA) is 122 Å². The van der Waals surface area contributed by atoms with Gasteiger partial charge in [-0.15, -0.1) is 0 Å². The lowest BCUT2D eigenvalue weighted by molar-refractivity contribution is 0.227. The third kappa shape index (κ3) is 10.2. The molecule has 0 atom stereocenters. The largest absolute Gasteiger partial charge is 0.339 e. The van der Waals surface area contributed by atoms with Gasteiger partial charge in [0.15, 0.2) is 0 Å². The SMILES string of the molecule is CCN(CCN(CC)CP(=O)(O)O)CP(=O)(O)O. The van der Waals surface area contributed by atoms with Crippen LogP contribution in [0.15, 0.2) is 0 Å². The van der Waals surface area contributed by atoms with Crippen molar-refractivity contribution in [1.29, 1.82) is 0 Å². The van der Waals surface area contributed by atoms with E-state index in [4.69, 9.17) is 19.6 Å². The maximum Gasteiger partial charge on any atom is 0.339 e. The second-order valence-electron chi connectivity index (χ2n) is 4.03. The summed E-state index contributed by atoms with van der Waals surface area (Å²) in [5.41, 5.74) is 0. The highest BCUT2D eigenvalue weighted by Crippen LogP contribution is 2.36.